The van der Waals surface area contributed by atoms with Gasteiger partial charge in [-0.3, -0.25) is 13.8 Å². The number of ether oxygens (including phenoxy) is 2. The van der Waals surface area contributed by atoms with Crippen LogP contribution in [0.2, 0.25) is 0 Å². The van der Waals surface area contributed by atoms with Crippen molar-refractivity contribution < 1.29 is 58.3 Å². The van der Waals surface area contributed by atoms with Crippen LogP contribution in [0.3, 0.4) is 0 Å². The topological polar surface area (TPSA) is 192 Å². The Labute approximate surface area is 380 Å². The summed E-state index contributed by atoms with van der Waals surface area (Å²) >= 11 is 0. The molecule has 0 amide bonds. The molecular formula is C50H85O12P. The third-order valence-corrected chi connectivity index (χ3v) is 11.5. The molecule has 6 atom stereocenters. The van der Waals surface area contributed by atoms with Crippen LogP contribution in [0.1, 0.15) is 162 Å². The van der Waals surface area contributed by atoms with Gasteiger partial charge in [0, 0.05) is 13.0 Å². The molecule has 0 saturated heterocycles. The number of carbonyl (C=O) groups is 1. The Morgan fingerprint density at radius 2 is 0.937 bits per heavy atom. The molecule has 0 radical (unpaired) electrons. The zero-order valence-corrected chi connectivity index (χ0v) is 39.5. The summed E-state index contributed by atoms with van der Waals surface area (Å²) in [5.74, 6) is -0.539. The van der Waals surface area contributed by atoms with Crippen molar-refractivity contribution in [1.82, 2.24) is 0 Å². The number of aliphatic hydroxyl groups is 5. The van der Waals surface area contributed by atoms with Crippen LogP contribution in [0.5, 0.6) is 0 Å². The molecule has 0 aromatic rings. The fourth-order valence-corrected chi connectivity index (χ4v) is 7.69. The van der Waals surface area contributed by atoms with E-state index in [1.807, 2.05) is 12.2 Å². The molecule has 6 N–H and O–H groups in total. The van der Waals surface area contributed by atoms with E-state index in [9.17, 15) is 39.8 Å². The molecule has 13 heteroatoms. The second kappa shape index (κ2) is 39.8. The van der Waals surface area contributed by atoms with E-state index < -0.39 is 63.1 Å². The summed E-state index contributed by atoms with van der Waals surface area (Å²) in [5.41, 5.74) is 0. The van der Waals surface area contributed by atoms with Gasteiger partial charge in [-0.05, 0) is 83.5 Å². The molecule has 12 nitrogen and oxygen atoms in total. The summed E-state index contributed by atoms with van der Waals surface area (Å²) in [6.45, 7) is 4.04. The van der Waals surface area contributed by atoms with Gasteiger partial charge >= 0.3 is 13.8 Å². The van der Waals surface area contributed by atoms with Crippen LogP contribution < -0.4 is 0 Å². The molecule has 0 heterocycles. The number of phosphoric ester groups is 1. The number of aliphatic hydroxyl groups excluding tert-OH is 5. The van der Waals surface area contributed by atoms with Gasteiger partial charge in [0.2, 0.25) is 0 Å². The summed E-state index contributed by atoms with van der Waals surface area (Å²) < 4.78 is 34.1. The van der Waals surface area contributed by atoms with Crippen LogP contribution in [0, 0.1) is 0 Å². The average Bonchev–Trinajstić information content (AvgIpc) is 3.27. The van der Waals surface area contributed by atoms with Gasteiger partial charge in [0.05, 0.1) is 13.2 Å². The highest BCUT2D eigenvalue weighted by Gasteiger charge is 2.51. The lowest BCUT2D eigenvalue weighted by Gasteiger charge is -2.41. The van der Waals surface area contributed by atoms with Gasteiger partial charge in [-0.2, -0.15) is 0 Å². The molecule has 1 fully saturated rings. The van der Waals surface area contributed by atoms with Crippen LogP contribution in [0.4, 0.5) is 0 Å². The second-order valence-electron chi connectivity index (χ2n) is 16.2. The Balaban J connectivity index is 2.43. The first-order chi connectivity index (χ1) is 30.5. The molecular weight excluding hydrogens is 824 g/mol. The summed E-state index contributed by atoms with van der Waals surface area (Å²) in [6.07, 6.45) is 40.8. The first kappa shape index (κ1) is 58.5. The van der Waals surface area contributed by atoms with Gasteiger partial charge in [-0.25, -0.2) is 4.57 Å². The Kier molecular flexibility index (Phi) is 37.0. The highest BCUT2D eigenvalue weighted by Crippen LogP contribution is 2.47. The molecule has 0 spiro atoms. The Bertz CT molecular complexity index is 1360. The number of unbranched alkanes of at least 4 members (excludes halogenated alkanes) is 13. The van der Waals surface area contributed by atoms with Gasteiger partial charge in [0.1, 0.15) is 42.7 Å². The van der Waals surface area contributed by atoms with Crippen LogP contribution in [0.25, 0.3) is 0 Å². The molecule has 63 heavy (non-hydrogen) atoms. The first-order valence-electron chi connectivity index (χ1n) is 23.9. The summed E-state index contributed by atoms with van der Waals surface area (Å²) in [5, 5.41) is 50.2. The summed E-state index contributed by atoms with van der Waals surface area (Å²) in [7, 11) is -5.04. The fraction of sp³-hybridized carbons (Fsp3) is 0.700. The minimum absolute atomic E-state index is 0.101. The van der Waals surface area contributed by atoms with Crippen LogP contribution in [-0.4, -0.2) is 98.9 Å². The van der Waals surface area contributed by atoms with Crippen molar-refractivity contribution in [3.05, 3.63) is 85.1 Å². The summed E-state index contributed by atoms with van der Waals surface area (Å²) in [4.78, 5) is 23.2. The lowest BCUT2D eigenvalue weighted by Crippen LogP contribution is -2.64. The van der Waals surface area contributed by atoms with Gasteiger partial charge in [-0.15, -0.1) is 0 Å². The van der Waals surface area contributed by atoms with Gasteiger partial charge < -0.3 is 39.9 Å². The van der Waals surface area contributed by atoms with Crippen molar-refractivity contribution in [2.45, 2.75) is 204 Å². The van der Waals surface area contributed by atoms with Crippen LogP contribution in [-0.2, 0) is 27.9 Å². The van der Waals surface area contributed by atoms with E-state index in [4.69, 9.17) is 18.5 Å². The third-order valence-electron chi connectivity index (χ3n) is 10.5. The zero-order chi connectivity index (χ0) is 46.2. The molecule has 6 unspecified atom stereocenters. The van der Waals surface area contributed by atoms with Crippen molar-refractivity contribution in [2.75, 3.05) is 19.8 Å². The Morgan fingerprint density at radius 1 is 0.524 bits per heavy atom. The maximum atomic E-state index is 12.8. The number of rotatable bonds is 39. The van der Waals surface area contributed by atoms with Crippen LogP contribution in [0.15, 0.2) is 85.1 Å². The number of hydrogen-bond acceptors (Lipinski definition) is 11. The van der Waals surface area contributed by atoms with E-state index in [2.05, 4.69) is 86.8 Å². The Hall–Kier alpha value is -2.48. The lowest BCUT2D eigenvalue weighted by molar-refractivity contribution is -0.220. The lowest BCUT2D eigenvalue weighted by atomic mass is 9.85. The number of carbonyl (C=O) groups excluding carboxylic acids is 1. The van der Waals surface area contributed by atoms with Crippen molar-refractivity contribution in [2.24, 2.45) is 0 Å². The number of phosphoric acid groups is 1. The minimum Gasteiger partial charge on any atom is -0.457 e. The average molecular weight is 909 g/mol. The highest BCUT2D eigenvalue weighted by atomic mass is 31.2. The minimum atomic E-state index is -5.04. The second-order valence-corrected chi connectivity index (χ2v) is 17.6. The van der Waals surface area contributed by atoms with E-state index >= 15 is 0 Å². The maximum Gasteiger partial charge on any atom is 0.472 e. The quantitative estimate of drug-likeness (QED) is 0.0148. The maximum absolute atomic E-state index is 12.8. The molecule has 1 rings (SSSR count). The molecule has 0 aromatic carbocycles. The zero-order valence-electron chi connectivity index (χ0n) is 38.6. The SMILES string of the molecule is CC/C=C\C/C=C\C/C=C\C/C=C\C/C=C\CCCC(=O)OC(COCCCCCCCCCC/C=C\C/C=C\CCCCCC)COP(=O)(O)OC1C(O)C(O)C(O)C(O)C1O. The Morgan fingerprint density at radius 3 is 1.43 bits per heavy atom. The van der Waals surface area contributed by atoms with E-state index in [0.29, 0.717) is 19.4 Å². The van der Waals surface area contributed by atoms with E-state index in [1.165, 1.54) is 57.8 Å². The van der Waals surface area contributed by atoms with Gasteiger partial charge in [0.25, 0.3) is 0 Å². The standard InChI is InChI=1S/C50H85O12P/c1-3-5-7-9-11-13-15-17-19-21-22-24-26-28-30-32-34-36-38-40-59-41-43(42-60-63(57,58)62-50-48(55)46(53)45(52)47(54)49(50)56)61-44(51)39-37-35-33-31-29-27-25-23-20-18-16-14-12-10-8-6-4-2/h6,8,12-15,18-21,25,27,31,33,43,45-50,52-56H,3-5,7,9-11,16-17,22-24,26,28-30,32,34-42H2,1-2H3,(H,57,58)/b8-6-,14-12-,15-13-,20-18-,21-19-,27-25-,33-31-. The first-order valence-corrected chi connectivity index (χ1v) is 25.4. The van der Waals surface area contributed by atoms with E-state index in [0.717, 1.165) is 70.6 Å². The molecule has 1 aliphatic rings. The smallest absolute Gasteiger partial charge is 0.457 e. The molecule has 0 aliphatic heterocycles. The molecule has 0 bridgehead atoms. The predicted molar refractivity (Wildman–Crippen MR) is 253 cm³/mol. The van der Waals surface area contributed by atoms with Gasteiger partial charge in [0.15, 0.2) is 0 Å². The predicted octanol–water partition coefficient (Wildman–Crippen LogP) is 10.1. The van der Waals surface area contributed by atoms with Crippen molar-refractivity contribution in [1.29, 1.82) is 0 Å². The molecule has 1 aliphatic carbocycles. The van der Waals surface area contributed by atoms with Crippen molar-refractivity contribution in [3.63, 3.8) is 0 Å². The number of allylic oxidation sites excluding steroid dienone is 14. The van der Waals surface area contributed by atoms with E-state index in [1.54, 1.807) is 0 Å². The number of hydrogen-bond donors (Lipinski definition) is 6. The number of esters is 1. The van der Waals surface area contributed by atoms with Gasteiger partial charge in [-0.1, -0.05) is 157 Å². The van der Waals surface area contributed by atoms with E-state index in [-0.39, 0.29) is 13.0 Å². The molecule has 1 saturated carbocycles. The largest absolute Gasteiger partial charge is 0.472 e. The normalized spacial score (nSPS) is 22.6. The fourth-order valence-electron chi connectivity index (χ4n) is 6.71. The summed E-state index contributed by atoms with van der Waals surface area (Å²) in [6, 6.07) is 0. The van der Waals surface area contributed by atoms with Crippen molar-refractivity contribution >= 4 is 13.8 Å². The monoisotopic (exact) mass is 909 g/mol. The van der Waals surface area contributed by atoms with Crippen molar-refractivity contribution in [3.8, 4) is 0 Å². The van der Waals surface area contributed by atoms with Crippen LogP contribution >= 0.6 is 7.82 Å². The highest BCUT2D eigenvalue weighted by molar-refractivity contribution is 7.47. The molecule has 0 aromatic heterocycles. The molecule has 362 valence electrons. The third kappa shape index (κ3) is 31.9.